The van der Waals surface area contributed by atoms with Crippen LogP contribution in [0, 0.1) is 5.92 Å². The zero-order valence-electron chi connectivity index (χ0n) is 9.49. The van der Waals surface area contributed by atoms with E-state index in [1.165, 1.54) is 7.11 Å². The second-order valence-corrected chi connectivity index (χ2v) is 4.18. The molecule has 0 spiro atoms. The number of amides is 1. The number of ether oxygens (including phenoxy) is 1. The average molecular weight is 213 g/mol. The van der Waals surface area contributed by atoms with Crippen molar-refractivity contribution in [1.29, 1.82) is 0 Å². The molecular weight excluding hydrogens is 194 g/mol. The zero-order valence-corrected chi connectivity index (χ0v) is 9.49. The molecule has 1 rings (SSSR count). The number of hydrogen-bond acceptors (Lipinski definition) is 3. The van der Waals surface area contributed by atoms with E-state index in [4.69, 9.17) is 4.74 Å². The third-order valence-corrected chi connectivity index (χ3v) is 2.78. The fourth-order valence-electron chi connectivity index (χ4n) is 2.10. The topological polar surface area (TPSA) is 46.6 Å². The van der Waals surface area contributed by atoms with E-state index in [-0.39, 0.29) is 11.9 Å². The summed E-state index contributed by atoms with van der Waals surface area (Å²) in [5, 5.41) is 0. The number of Topliss-reactive ketones (excluding diaryl/α,β-unsaturated/α-hetero) is 1. The molecule has 0 radical (unpaired) electrons. The molecule has 0 aromatic heterocycles. The van der Waals surface area contributed by atoms with Crippen molar-refractivity contribution in [2.24, 2.45) is 5.92 Å². The Hall–Kier alpha value is -1.06. The Morgan fingerprint density at radius 3 is 2.73 bits per heavy atom. The van der Waals surface area contributed by atoms with Crippen molar-refractivity contribution in [3.05, 3.63) is 0 Å². The predicted molar refractivity (Wildman–Crippen MR) is 56.6 cm³/mol. The van der Waals surface area contributed by atoms with Gasteiger partial charge in [0.1, 0.15) is 5.78 Å². The highest BCUT2D eigenvalue weighted by atomic mass is 16.5. The number of hydrogen-bond donors (Lipinski definition) is 0. The van der Waals surface area contributed by atoms with E-state index in [2.05, 4.69) is 0 Å². The van der Waals surface area contributed by atoms with Gasteiger partial charge in [-0.15, -0.1) is 0 Å². The monoisotopic (exact) mass is 213 g/mol. The molecule has 0 aromatic carbocycles. The fourth-order valence-corrected chi connectivity index (χ4v) is 2.10. The van der Waals surface area contributed by atoms with Gasteiger partial charge in [0.2, 0.25) is 0 Å². The zero-order chi connectivity index (χ0) is 11.3. The summed E-state index contributed by atoms with van der Waals surface area (Å²) in [6, 6.07) is 0. The lowest BCUT2D eigenvalue weighted by Gasteiger charge is -2.22. The summed E-state index contributed by atoms with van der Waals surface area (Å²) in [5.41, 5.74) is 0. The van der Waals surface area contributed by atoms with Crippen molar-refractivity contribution in [2.75, 3.05) is 20.2 Å². The summed E-state index contributed by atoms with van der Waals surface area (Å²) in [6.07, 6.45) is 3.43. The minimum atomic E-state index is -0.273. The molecule has 0 saturated carbocycles. The SMILES string of the molecule is COC(=O)N1CCCCC(CC(C)=O)C1. The lowest BCUT2D eigenvalue weighted by molar-refractivity contribution is -0.118. The van der Waals surface area contributed by atoms with E-state index in [0.717, 1.165) is 25.8 Å². The van der Waals surface area contributed by atoms with Crippen LogP contribution in [0.4, 0.5) is 4.79 Å². The molecule has 15 heavy (non-hydrogen) atoms. The Bertz CT molecular complexity index is 240. The molecule has 1 amide bonds. The standard InChI is InChI=1S/C11H19NO3/c1-9(13)7-10-5-3-4-6-12(8-10)11(14)15-2/h10H,3-8H2,1-2H3. The molecule has 1 aliphatic rings. The van der Waals surface area contributed by atoms with Crippen molar-refractivity contribution in [3.63, 3.8) is 0 Å². The van der Waals surface area contributed by atoms with Gasteiger partial charge in [-0.3, -0.25) is 0 Å². The summed E-state index contributed by atoms with van der Waals surface area (Å²) in [7, 11) is 1.40. The number of ketones is 1. The maximum Gasteiger partial charge on any atom is 0.409 e. The highest BCUT2D eigenvalue weighted by Gasteiger charge is 2.22. The van der Waals surface area contributed by atoms with Crippen LogP contribution in [0.15, 0.2) is 0 Å². The van der Waals surface area contributed by atoms with E-state index in [1.807, 2.05) is 0 Å². The maximum atomic E-state index is 11.4. The van der Waals surface area contributed by atoms with Crippen molar-refractivity contribution >= 4 is 11.9 Å². The lowest BCUT2D eigenvalue weighted by atomic mass is 9.98. The van der Waals surface area contributed by atoms with Crippen molar-refractivity contribution < 1.29 is 14.3 Å². The first-order valence-corrected chi connectivity index (χ1v) is 5.45. The normalized spacial score (nSPS) is 22.0. The Labute approximate surface area is 90.6 Å². The Balaban J connectivity index is 2.52. The van der Waals surface area contributed by atoms with Crippen molar-refractivity contribution in [2.45, 2.75) is 32.6 Å². The number of methoxy groups -OCH3 is 1. The van der Waals surface area contributed by atoms with Gasteiger partial charge in [-0.1, -0.05) is 6.42 Å². The summed E-state index contributed by atoms with van der Waals surface area (Å²) >= 11 is 0. The van der Waals surface area contributed by atoms with Gasteiger partial charge >= 0.3 is 6.09 Å². The van der Waals surface area contributed by atoms with E-state index in [0.29, 0.717) is 18.9 Å². The Morgan fingerprint density at radius 1 is 1.40 bits per heavy atom. The molecule has 86 valence electrons. The third-order valence-electron chi connectivity index (χ3n) is 2.78. The van der Waals surface area contributed by atoms with Gasteiger partial charge in [0.25, 0.3) is 0 Å². The van der Waals surface area contributed by atoms with E-state index >= 15 is 0 Å². The van der Waals surface area contributed by atoms with Crippen LogP contribution in [0.25, 0.3) is 0 Å². The molecule has 4 nitrogen and oxygen atoms in total. The molecule has 1 aliphatic heterocycles. The number of nitrogens with zero attached hydrogens (tertiary/aromatic N) is 1. The van der Waals surface area contributed by atoms with Gasteiger partial charge in [0.15, 0.2) is 0 Å². The van der Waals surface area contributed by atoms with Gasteiger partial charge in [-0.05, 0) is 25.7 Å². The first-order valence-electron chi connectivity index (χ1n) is 5.45. The van der Waals surface area contributed by atoms with E-state index < -0.39 is 0 Å². The summed E-state index contributed by atoms with van der Waals surface area (Å²) in [4.78, 5) is 24.1. The number of carbonyl (C=O) groups is 2. The van der Waals surface area contributed by atoms with Crippen molar-refractivity contribution in [1.82, 2.24) is 4.90 Å². The van der Waals surface area contributed by atoms with Crippen LogP contribution in [0.5, 0.6) is 0 Å². The first kappa shape index (κ1) is 12.0. The molecule has 0 aliphatic carbocycles. The molecule has 0 N–H and O–H groups in total. The van der Waals surface area contributed by atoms with Gasteiger partial charge in [0, 0.05) is 19.5 Å². The summed E-state index contributed by atoms with van der Waals surface area (Å²) in [5.74, 6) is 0.510. The van der Waals surface area contributed by atoms with Crippen LogP contribution in [-0.2, 0) is 9.53 Å². The number of rotatable bonds is 2. The van der Waals surface area contributed by atoms with Gasteiger partial charge in [0.05, 0.1) is 7.11 Å². The lowest BCUT2D eigenvalue weighted by Crippen LogP contribution is -2.34. The number of likely N-dealkylation sites (tertiary alicyclic amines) is 1. The minimum Gasteiger partial charge on any atom is -0.453 e. The van der Waals surface area contributed by atoms with Crippen molar-refractivity contribution in [3.8, 4) is 0 Å². The largest absolute Gasteiger partial charge is 0.453 e. The molecule has 1 atom stereocenters. The smallest absolute Gasteiger partial charge is 0.409 e. The van der Waals surface area contributed by atoms with Crippen LogP contribution < -0.4 is 0 Å². The minimum absolute atomic E-state index is 0.201. The molecular formula is C11H19NO3. The quantitative estimate of drug-likeness (QED) is 0.703. The molecule has 0 aromatic rings. The van der Waals surface area contributed by atoms with Crippen LogP contribution in [0.3, 0.4) is 0 Å². The van der Waals surface area contributed by atoms with Crippen LogP contribution in [0.1, 0.15) is 32.6 Å². The molecule has 1 heterocycles. The summed E-state index contributed by atoms with van der Waals surface area (Å²) < 4.78 is 4.70. The van der Waals surface area contributed by atoms with Crippen LogP contribution in [-0.4, -0.2) is 37.0 Å². The fraction of sp³-hybridized carbons (Fsp3) is 0.818. The highest BCUT2D eigenvalue weighted by molar-refractivity contribution is 5.75. The second kappa shape index (κ2) is 5.73. The number of carbonyl (C=O) groups excluding carboxylic acids is 2. The third kappa shape index (κ3) is 3.90. The van der Waals surface area contributed by atoms with E-state index in [9.17, 15) is 9.59 Å². The average Bonchev–Trinajstić information content (AvgIpc) is 2.41. The molecule has 1 unspecified atom stereocenters. The summed E-state index contributed by atoms with van der Waals surface area (Å²) in [6.45, 7) is 3.01. The molecule has 1 fully saturated rings. The van der Waals surface area contributed by atoms with Crippen LogP contribution in [0.2, 0.25) is 0 Å². The highest BCUT2D eigenvalue weighted by Crippen LogP contribution is 2.20. The van der Waals surface area contributed by atoms with Gasteiger partial charge < -0.3 is 14.4 Å². The van der Waals surface area contributed by atoms with Gasteiger partial charge in [-0.2, -0.15) is 0 Å². The van der Waals surface area contributed by atoms with Crippen LogP contribution >= 0.6 is 0 Å². The molecule has 1 saturated heterocycles. The Kier molecular flexibility index (Phi) is 4.59. The molecule has 0 bridgehead atoms. The Morgan fingerprint density at radius 2 is 2.13 bits per heavy atom. The first-order chi connectivity index (χ1) is 7.13. The maximum absolute atomic E-state index is 11.4. The second-order valence-electron chi connectivity index (χ2n) is 4.18. The van der Waals surface area contributed by atoms with Gasteiger partial charge in [-0.25, -0.2) is 4.79 Å². The predicted octanol–water partition coefficient (Wildman–Crippen LogP) is 1.83. The molecule has 4 heteroatoms. The van der Waals surface area contributed by atoms with E-state index in [1.54, 1.807) is 11.8 Å².